The van der Waals surface area contributed by atoms with Crippen molar-refractivity contribution in [3.63, 3.8) is 0 Å². The van der Waals surface area contributed by atoms with Gasteiger partial charge in [-0.2, -0.15) is 0 Å². The van der Waals surface area contributed by atoms with E-state index < -0.39 is 15.6 Å². The minimum Gasteiger partial charge on any atom is -0.466 e. The van der Waals surface area contributed by atoms with Crippen molar-refractivity contribution in [2.75, 3.05) is 6.54 Å². The molecule has 0 saturated carbocycles. The molecule has 1 aromatic carbocycles. The second-order valence-corrected chi connectivity index (χ2v) is 7.21. The maximum atomic E-state index is 12.1. The van der Waals surface area contributed by atoms with Crippen LogP contribution < -0.4 is 4.72 Å². The Bertz CT molecular complexity index is 663. The van der Waals surface area contributed by atoms with E-state index in [4.69, 9.17) is 4.42 Å². The summed E-state index contributed by atoms with van der Waals surface area (Å²) in [7, 11) is -3.67. The highest BCUT2D eigenvalue weighted by Gasteiger charge is 2.28. The Hall–Kier alpha value is -1.15. The molecule has 2 N–H and O–H groups in total. The molecular formula is C13H14BrNO4S. The average molecular weight is 360 g/mol. The number of hydrogen-bond acceptors (Lipinski definition) is 4. The van der Waals surface area contributed by atoms with Crippen molar-refractivity contribution in [2.24, 2.45) is 0 Å². The molecule has 2 rings (SSSR count). The van der Waals surface area contributed by atoms with Gasteiger partial charge in [0.1, 0.15) is 11.4 Å². The van der Waals surface area contributed by atoms with Crippen molar-refractivity contribution in [3.05, 3.63) is 52.9 Å². The normalized spacial score (nSPS) is 14.9. The molecule has 1 unspecified atom stereocenters. The fourth-order valence-electron chi connectivity index (χ4n) is 1.60. The lowest BCUT2D eigenvalue weighted by molar-refractivity contribution is 0.0395. The van der Waals surface area contributed by atoms with E-state index in [1.54, 1.807) is 24.3 Å². The van der Waals surface area contributed by atoms with Gasteiger partial charge in [-0.15, -0.1) is 0 Å². The highest BCUT2D eigenvalue weighted by atomic mass is 79.9. The highest BCUT2D eigenvalue weighted by Crippen LogP contribution is 2.21. The lowest BCUT2D eigenvalue weighted by Gasteiger charge is -2.21. The van der Waals surface area contributed by atoms with Crippen LogP contribution in [0.4, 0.5) is 0 Å². The van der Waals surface area contributed by atoms with E-state index in [1.807, 2.05) is 0 Å². The van der Waals surface area contributed by atoms with E-state index >= 15 is 0 Å². The first kappa shape index (κ1) is 15.2. The molecular weight excluding hydrogens is 346 g/mol. The van der Waals surface area contributed by atoms with Crippen molar-refractivity contribution in [1.29, 1.82) is 0 Å². The van der Waals surface area contributed by atoms with Gasteiger partial charge in [-0.05, 0) is 43.3 Å². The van der Waals surface area contributed by atoms with Crippen molar-refractivity contribution in [2.45, 2.75) is 17.4 Å². The van der Waals surface area contributed by atoms with Gasteiger partial charge in [0.15, 0.2) is 0 Å². The Kier molecular flexibility index (Phi) is 4.33. The van der Waals surface area contributed by atoms with Crippen LogP contribution in [0.5, 0.6) is 0 Å². The Morgan fingerprint density at radius 3 is 2.50 bits per heavy atom. The summed E-state index contributed by atoms with van der Waals surface area (Å²) in [6.07, 6.45) is 1.42. The predicted molar refractivity (Wildman–Crippen MR) is 77.6 cm³/mol. The molecule has 0 saturated heterocycles. The largest absolute Gasteiger partial charge is 0.466 e. The third kappa shape index (κ3) is 3.49. The van der Waals surface area contributed by atoms with Gasteiger partial charge in [0.25, 0.3) is 0 Å². The number of benzene rings is 1. The zero-order valence-electron chi connectivity index (χ0n) is 10.7. The molecule has 1 aromatic heterocycles. The van der Waals surface area contributed by atoms with Crippen LogP contribution in [0.15, 0.2) is 56.4 Å². The standard InChI is InChI=1S/C13H14BrNO4S/c1-13(16,12-3-2-8-19-12)9-15-20(17,18)11-6-4-10(14)5-7-11/h2-8,15-16H,9H2,1H3. The molecule has 0 aliphatic carbocycles. The molecule has 0 radical (unpaired) electrons. The van der Waals surface area contributed by atoms with Gasteiger partial charge < -0.3 is 9.52 Å². The molecule has 0 amide bonds. The second kappa shape index (κ2) is 5.69. The van der Waals surface area contributed by atoms with E-state index in [2.05, 4.69) is 20.7 Å². The number of aliphatic hydroxyl groups is 1. The molecule has 0 aliphatic rings. The minimum absolute atomic E-state index is 0.135. The fraction of sp³-hybridized carbons (Fsp3) is 0.231. The molecule has 0 bridgehead atoms. The van der Waals surface area contributed by atoms with Gasteiger partial charge in [-0.25, -0.2) is 13.1 Å². The molecule has 2 aromatic rings. The minimum atomic E-state index is -3.67. The zero-order chi connectivity index (χ0) is 14.8. The third-order valence-electron chi connectivity index (χ3n) is 2.78. The Balaban J connectivity index is 2.12. The van der Waals surface area contributed by atoms with Crippen LogP contribution >= 0.6 is 15.9 Å². The first-order chi connectivity index (χ1) is 9.31. The summed E-state index contributed by atoms with van der Waals surface area (Å²) in [5, 5.41) is 10.2. The van der Waals surface area contributed by atoms with Crippen LogP contribution in [0.2, 0.25) is 0 Å². The van der Waals surface area contributed by atoms with Gasteiger partial charge in [0.05, 0.1) is 11.2 Å². The van der Waals surface area contributed by atoms with Crippen molar-refractivity contribution >= 4 is 26.0 Å². The molecule has 20 heavy (non-hydrogen) atoms. The van der Waals surface area contributed by atoms with E-state index in [9.17, 15) is 13.5 Å². The van der Waals surface area contributed by atoms with Crippen LogP contribution in [0.25, 0.3) is 0 Å². The van der Waals surface area contributed by atoms with E-state index in [-0.39, 0.29) is 11.4 Å². The summed E-state index contributed by atoms with van der Waals surface area (Å²) in [5.74, 6) is 0.302. The average Bonchev–Trinajstić information content (AvgIpc) is 2.92. The highest BCUT2D eigenvalue weighted by molar-refractivity contribution is 9.10. The second-order valence-electron chi connectivity index (χ2n) is 4.53. The van der Waals surface area contributed by atoms with Crippen LogP contribution in [-0.2, 0) is 15.6 Å². The zero-order valence-corrected chi connectivity index (χ0v) is 13.1. The van der Waals surface area contributed by atoms with Gasteiger partial charge in [0, 0.05) is 11.0 Å². The number of rotatable bonds is 5. The summed E-state index contributed by atoms with van der Waals surface area (Å²) in [5.41, 5.74) is -1.41. The van der Waals surface area contributed by atoms with Crippen molar-refractivity contribution in [1.82, 2.24) is 4.72 Å². The first-order valence-corrected chi connectivity index (χ1v) is 8.10. The quantitative estimate of drug-likeness (QED) is 0.857. The van der Waals surface area contributed by atoms with Crippen LogP contribution in [0.1, 0.15) is 12.7 Å². The van der Waals surface area contributed by atoms with E-state index in [0.29, 0.717) is 5.76 Å². The van der Waals surface area contributed by atoms with Gasteiger partial charge in [-0.1, -0.05) is 15.9 Å². The Morgan fingerprint density at radius 2 is 1.95 bits per heavy atom. The SMILES string of the molecule is CC(O)(CNS(=O)(=O)c1ccc(Br)cc1)c1ccco1. The number of sulfonamides is 1. The predicted octanol–water partition coefficient (Wildman–Crippen LogP) is 2.23. The lowest BCUT2D eigenvalue weighted by atomic mass is 10.1. The van der Waals surface area contributed by atoms with Crippen LogP contribution in [-0.4, -0.2) is 20.1 Å². The smallest absolute Gasteiger partial charge is 0.240 e. The molecule has 108 valence electrons. The van der Waals surface area contributed by atoms with Gasteiger partial charge in [0.2, 0.25) is 10.0 Å². The monoisotopic (exact) mass is 359 g/mol. The van der Waals surface area contributed by atoms with E-state index in [1.165, 1.54) is 25.3 Å². The summed E-state index contributed by atoms with van der Waals surface area (Å²) in [6, 6.07) is 9.46. The summed E-state index contributed by atoms with van der Waals surface area (Å²) < 4.78 is 32.4. The topological polar surface area (TPSA) is 79.5 Å². The van der Waals surface area contributed by atoms with Crippen LogP contribution in [0, 0.1) is 0 Å². The molecule has 1 heterocycles. The number of nitrogens with one attached hydrogen (secondary N) is 1. The molecule has 0 fully saturated rings. The van der Waals surface area contributed by atoms with Gasteiger partial charge in [-0.3, -0.25) is 0 Å². The van der Waals surface area contributed by atoms with E-state index in [0.717, 1.165) is 4.47 Å². The van der Waals surface area contributed by atoms with Crippen LogP contribution in [0.3, 0.4) is 0 Å². The summed E-state index contributed by atoms with van der Waals surface area (Å²) in [4.78, 5) is 0.135. The maximum absolute atomic E-state index is 12.1. The molecule has 0 aliphatic heterocycles. The summed E-state index contributed by atoms with van der Waals surface area (Å²) in [6.45, 7) is 1.30. The Morgan fingerprint density at radius 1 is 1.30 bits per heavy atom. The number of hydrogen-bond donors (Lipinski definition) is 2. The number of furan rings is 1. The lowest BCUT2D eigenvalue weighted by Crippen LogP contribution is -2.38. The number of halogens is 1. The molecule has 5 nitrogen and oxygen atoms in total. The Labute approximate surface area is 125 Å². The van der Waals surface area contributed by atoms with Gasteiger partial charge >= 0.3 is 0 Å². The molecule has 0 spiro atoms. The third-order valence-corrected chi connectivity index (χ3v) is 4.73. The molecule has 1 atom stereocenters. The fourth-order valence-corrected chi connectivity index (χ4v) is 3.00. The first-order valence-electron chi connectivity index (χ1n) is 5.83. The maximum Gasteiger partial charge on any atom is 0.240 e. The van der Waals surface area contributed by atoms with Crippen molar-refractivity contribution < 1.29 is 17.9 Å². The summed E-state index contributed by atoms with van der Waals surface area (Å²) >= 11 is 3.24. The molecule has 7 heteroatoms. The van der Waals surface area contributed by atoms with Crippen molar-refractivity contribution in [3.8, 4) is 0 Å².